The maximum absolute atomic E-state index is 12.7. The number of halogens is 3. The van der Waals surface area contributed by atoms with Gasteiger partial charge in [-0.25, -0.2) is 4.98 Å². The molecule has 0 amide bonds. The molecule has 1 aliphatic heterocycles. The van der Waals surface area contributed by atoms with Gasteiger partial charge in [0.05, 0.1) is 17.2 Å². The van der Waals surface area contributed by atoms with Gasteiger partial charge in [-0.1, -0.05) is 13.0 Å². The van der Waals surface area contributed by atoms with Crippen LogP contribution in [0.3, 0.4) is 0 Å². The van der Waals surface area contributed by atoms with Crippen LogP contribution in [0.15, 0.2) is 58.2 Å². The predicted octanol–water partition coefficient (Wildman–Crippen LogP) is 6.72. The Balaban J connectivity index is 0.000000187. The van der Waals surface area contributed by atoms with Crippen molar-refractivity contribution in [3.8, 4) is 17.5 Å². The predicted molar refractivity (Wildman–Crippen MR) is 148 cm³/mol. The molecule has 9 heteroatoms. The first-order valence-electron chi connectivity index (χ1n) is 13.2. The lowest BCUT2D eigenvalue weighted by atomic mass is 9.93. The second-order valence-electron chi connectivity index (χ2n) is 9.93. The third-order valence-corrected chi connectivity index (χ3v) is 6.95. The quantitative estimate of drug-likeness (QED) is 0.385. The molecule has 6 nitrogen and oxygen atoms in total. The fourth-order valence-electron chi connectivity index (χ4n) is 4.88. The molecule has 1 atom stereocenters. The Morgan fingerprint density at radius 2 is 1.90 bits per heavy atom. The largest absolute Gasteiger partial charge is 0.436 e. The topological polar surface area (TPSA) is 77.1 Å². The minimum Gasteiger partial charge on any atom is -0.436 e. The van der Waals surface area contributed by atoms with E-state index in [0.717, 1.165) is 71.9 Å². The summed E-state index contributed by atoms with van der Waals surface area (Å²) in [6.45, 7) is 12.2. The van der Waals surface area contributed by atoms with Crippen molar-refractivity contribution < 1.29 is 17.6 Å². The van der Waals surface area contributed by atoms with Crippen molar-refractivity contribution in [3.05, 3.63) is 70.4 Å². The number of nitriles is 1. The van der Waals surface area contributed by atoms with E-state index in [0.29, 0.717) is 17.9 Å². The Hall–Kier alpha value is -3.77. The Labute approximate surface area is 227 Å². The van der Waals surface area contributed by atoms with E-state index in [1.54, 1.807) is 6.07 Å². The first-order chi connectivity index (χ1) is 18.6. The number of alkyl halides is 3. The molecule has 0 spiro atoms. The van der Waals surface area contributed by atoms with E-state index in [4.69, 9.17) is 9.68 Å². The van der Waals surface area contributed by atoms with Gasteiger partial charge < -0.3 is 20.0 Å². The summed E-state index contributed by atoms with van der Waals surface area (Å²) in [5, 5.41) is 15.6. The van der Waals surface area contributed by atoms with Gasteiger partial charge in [0.2, 0.25) is 5.89 Å². The van der Waals surface area contributed by atoms with E-state index in [-0.39, 0.29) is 5.92 Å². The van der Waals surface area contributed by atoms with E-state index in [9.17, 15) is 13.2 Å². The molecule has 2 aliphatic rings. The van der Waals surface area contributed by atoms with Gasteiger partial charge in [0.1, 0.15) is 5.52 Å². The lowest BCUT2D eigenvalue weighted by molar-refractivity contribution is -0.0890. The van der Waals surface area contributed by atoms with Crippen molar-refractivity contribution in [2.45, 2.75) is 40.3 Å². The van der Waals surface area contributed by atoms with Crippen molar-refractivity contribution in [2.24, 2.45) is 5.92 Å². The highest BCUT2D eigenvalue weighted by Gasteiger charge is 2.35. The van der Waals surface area contributed by atoms with Crippen LogP contribution in [0.1, 0.15) is 37.0 Å². The smallest absolute Gasteiger partial charge is 0.416 e. The number of hydrogen-bond donors (Lipinski definition) is 2. The fourth-order valence-corrected chi connectivity index (χ4v) is 4.88. The number of nitrogens with zero attached hydrogens (tertiary/aromatic N) is 3. The highest BCUT2D eigenvalue weighted by Crippen LogP contribution is 2.35. The van der Waals surface area contributed by atoms with E-state index in [2.05, 4.69) is 46.5 Å². The molecule has 2 aromatic carbocycles. The van der Waals surface area contributed by atoms with Gasteiger partial charge in [-0.05, 0) is 80.6 Å². The van der Waals surface area contributed by atoms with Crippen LogP contribution in [0, 0.1) is 31.1 Å². The van der Waals surface area contributed by atoms with Gasteiger partial charge >= 0.3 is 6.18 Å². The third kappa shape index (κ3) is 6.63. The highest BCUT2D eigenvalue weighted by molar-refractivity contribution is 5.81. The Kier molecular flexibility index (Phi) is 8.66. The molecule has 2 N–H and O–H groups in total. The molecule has 39 heavy (non-hydrogen) atoms. The molecule has 2 heterocycles. The van der Waals surface area contributed by atoms with Crippen LogP contribution in [-0.4, -0.2) is 48.8 Å². The van der Waals surface area contributed by atoms with Gasteiger partial charge in [0.15, 0.2) is 5.58 Å². The number of fused-ring (bicyclic) bond motifs is 1. The fraction of sp³-hybridized carbons (Fsp3) is 0.400. The van der Waals surface area contributed by atoms with Gasteiger partial charge in [0.25, 0.3) is 0 Å². The van der Waals surface area contributed by atoms with Gasteiger partial charge in [-0.2, -0.15) is 18.4 Å². The van der Waals surface area contributed by atoms with Crippen LogP contribution in [-0.2, 0) is 0 Å². The Bertz CT molecular complexity index is 1420. The molecule has 3 aromatic rings. The summed E-state index contributed by atoms with van der Waals surface area (Å²) in [4.78, 5) is 6.60. The molecule has 1 aromatic heterocycles. The van der Waals surface area contributed by atoms with Crippen LogP contribution in [0.2, 0.25) is 0 Å². The third-order valence-electron chi connectivity index (χ3n) is 6.95. The molecule has 1 fully saturated rings. The van der Waals surface area contributed by atoms with Crippen molar-refractivity contribution in [1.29, 1.82) is 5.26 Å². The number of piperazine rings is 1. The molecule has 0 bridgehead atoms. The summed E-state index contributed by atoms with van der Waals surface area (Å²) in [6, 6.07) is 11.8. The summed E-state index contributed by atoms with van der Waals surface area (Å²) >= 11 is 0. The summed E-state index contributed by atoms with van der Waals surface area (Å²) in [6.07, 6.45) is -1.13. The van der Waals surface area contributed by atoms with Crippen molar-refractivity contribution >= 4 is 16.8 Å². The number of aryl methyl sites for hydroxylation is 2. The lowest BCUT2D eigenvalue weighted by Gasteiger charge is -2.36. The maximum Gasteiger partial charge on any atom is 0.416 e. The highest BCUT2D eigenvalue weighted by atomic mass is 19.4. The first-order valence-corrected chi connectivity index (χ1v) is 13.2. The van der Waals surface area contributed by atoms with E-state index in [1.807, 2.05) is 32.0 Å². The SMILES string of the molecule is CC1CC=C(C(F)(F)F)C=C1N1CCNCC1.CCNc1ccc(-c2nc3cc(C#N)cc(C)c3o2)cc1C. The summed E-state index contributed by atoms with van der Waals surface area (Å²) in [7, 11) is 0. The summed E-state index contributed by atoms with van der Waals surface area (Å²) in [5.74, 6) is 0.763. The van der Waals surface area contributed by atoms with Crippen LogP contribution in [0.5, 0.6) is 0 Å². The minimum atomic E-state index is -4.22. The normalized spacial score (nSPS) is 17.6. The molecular formula is C30H34F3N5O. The second-order valence-corrected chi connectivity index (χ2v) is 9.93. The number of benzene rings is 2. The number of allylic oxidation sites excluding steroid dienone is 4. The number of nitrogens with one attached hydrogen (secondary N) is 2. The zero-order valence-corrected chi connectivity index (χ0v) is 22.7. The molecule has 0 saturated carbocycles. The molecular weight excluding hydrogens is 503 g/mol. The molecule has 5 rings (SSSR count). The molecule has 1 saturated heterocycles. The minimum absolute atomic E-state index is 0.180. The van der Waals surface area contributed by atoms with Gasteiger partial charge in [-0.3, -0.25) is 0 Å². The van der Waals surface area contributed by atoms with Crippen LogP contribution in [0.25, 0.3) is 22.6 Å². The maximum atomic E-state index is 12.7. The molecule has 1 unspecified atom stereocenters. The number of aromatic nitrogens is 1. The molecule has 1 aliphatic carbocycles. The molecule has 206 valence electrons. The lowest BCUT2D eigenvalue weighted by Crippen LogP contribution is -2.44. The number of oxazole rings is 1. The first kappa shape index (κ1) is 28.2. The van der Waals surface area contributed by atoms with E-state index < -0.39 is 11.7 Å². The second kappa shape index (κ2) is 12.0. The van der Waals surface area contributed by atoms with Gasteiger partial charge in [-0.15, -0.1) is 0 Å². The average molecular weight is 538 g/mol. The summed E-state index contributed by atoms with van der Waals surface area (Å²) < 4.78 is 43.9. The average Bonchev–Trinajstić information content (AvgIpc) is 3.35. The van der Waals surface area contributed by atoms with E-state index >= 15 is 0 Å². The van der Waals surface area contributed by atoms with E-state index in [1.165, 1.54) is 12.2 Å². The zero-order chi connectivity index (χ0) is 28.2. The molecule has 0 radical (unpaired) electrons. The standard InChI is InChI=1S/C18H17N3O.C12H17F3N2/c1-4-20-15-6-5-14(8-11(15)2)18-21-16-9-13(10-19)7-12(3)17(16)22-18;1-9-2-3-10(12(13,14)15)8-11(9)17-6-4-16-5-7-17/h5-9,20H,4H2,1-3H3;3,8-9,16H,2,4-7H2,1H3. The monoisotopic (exact) mass is 537 g/mol. The summed E-state index contributed by atoms with van der Waals surface area (Å²) in [5.41, 5.74) is 6.53. The van der Waals surface area contributed by atoms with Crippen molar-refractivity contribution in [3.63, 3.8) is 0 Å². The van der Waals surface area contributed by atoms with Crippen molar-refractivity contribution in [2.75, 3.05) is 38.0 Å². The van der Waals surface area contributed by atoms with Crippen LogP contribution < -0.4 is 10.6 Å². The number of rotatable bonds is 4. The number of anilines is 1. The zero-order valence-electron chi connectivity index (χ0n) is 22.7. The Morgan fingerprint density at radius 3 is 2.54 bits per heavy atom. The van der Waals surface area contributed by atoms with Gasteiger partial charge in [0, 0.05) is 49.7 Å². The Morgan fingerprint density at radius 1 is 1.15 bits per heavy atom. The van der Waals surface area contributed by atoms with Crippen LogP contribution >= 0.6 is 0 Å². The van der Waals surface area contributed by atoms with Crippen molar-refractivity contribution in [1.82, 2.24) is 15.2 Å². The number of hydrogen-bond acceptors (Lipinski definition) is 6. The van der Waals surface area contributed by atoms with Crippen LogP contribution in [0.4, 0.5) is 18.9 Å².